The van der Waals surface area contributed by atoms with E-state index in [9.17, 15) is 0 Å². The van der Waals surface area contributed by atoms with E-state index in [0.717, 1.165) is 27.6 Å². The fourth-order valence-corrected chi connectivity index (χ4v) is 8.06. The van der Waals surface area contributed by atoms with Gasteiger partial charge in [0.1, 0.15) is 11.2 Å². The van der Waals surface area contributed by atoms with E-state index < -0.39 is 0 Å². The second kappa shape index (κ2) is 8.74. The van der Waals surface area contributed by atoms with Crippen LogP contribution in [0, 0.1) is 0 Å². The minimum atomic E-state index is 0.928. The zero-order chi connectivity index (χ0) is 29.9. The SMILES string of the molecule is c1ccc2c(c1)-c1cccc3c(-c4ccc(-n5c6ccccc6c6cc7cc8oc9ccccc9c8cc7cc65)cc4)ccc-2c13. The van der Waals surface area contributed by atoms with Crippen LogP contribution >= 0.6 is 0 Å². The van der Waals surface area contributed by atoms with Crippen LogP contribution in [-0.4, -0.2) is 4.57 Å². The summed E-state index contributed by atoms with van der Waals surface area (Å²) in [5.41, 5.74) is 13.2. The topological polar surface area (TPSA) is 18.1 Å². The number of benzene rings is 8. The molecule has 11 rings (SSSR count). The maximum atomic E-state index is 6.24. The molecule has 0 saturated heterocycles. The number of fused-ring (bicyclic) bond motifs is 10. The van der Waals surface area contributed by atoms with Crippen LogP contribution in [0.5, 0.6) is 0 Å². The van der Waals surface area contributed by atoms with Gasteiger partial charge in [0.2, 0.25) is 0 Å². The minimum Gasteiger partial charge on any atom is -0.456 e. The van der Waals surface area contributed by atoms with E-state index in [-0.39, 0.29) is 0 Å². The van der Waals surface area contributed by atoms with Gasteiger partial charge in [0.15, 0.2) is 0 Å². The van der Waals surface area contributed by atoms with Crippen LogP contribution in [-0.2, 0) is 0 Å². The molecule has 0 radical (unpaired) electrons. The lowest BCUT2D eigenvalue weighted by Crippen LogP contribution is -1.94. The number of furan rings is 1. The molecule has 2 nitrogen and oxygen atoms in total. The van der Waals surface area contributed by atoms with Crippen molar-refractivity contribution in [1.82, 2.24) is 4.57 Å². The normalized spacial score (nSPS) is 12.3. The highest BCUT2D eigenvalue weighted by molar-refractivity contribution is 6.19. The molecule has 46 heavy (non-hydrogen) atoms. The van der Waals surface area contributed by atoms with Gasteiger partial charge in [-0.2, -0.15) is 0 Å². The Morgan fingerprint density at radius 3 is 1.89 bits per heavy atom. The van der Waals surface area contributed by atoms with Crippen LogP contribution in [0.1, 0.15) is 0 Å². The summed E-state index contributed by atoms with van der Waals surface area (Å²) in [6.07, 6.45) is 0. The van der Waals surface area contributed by atoms with Crippen molar-refractivity contribution in [2.75, 3.05) is 0 Å². The fraction of sp³-hybridized carbons (Fsp3) is 0. The molecule has 0 spiro atoms. The predicted molar refractivity (Wildman–Crippen MR) is 193 cm³/mol. The molecule has 1 aliphatic carbocycles. The van der Waals surface area contributed by atoms with Crippen molar-refractivity contribution in [3.05, 3.63) is 152 Å². The second-order valence-corrected chi connectivity index (χ2v) is 12.5. The monoisotopic (exact) mass is 583 g/mol. The highest BCUT2D eigenvalue weighted by Crippen LogP contribution is 2.49. The predicted octanol–water partition coefficient (Wildman–Crippen LogP) is 12.3. The Morgan fingerprint density at radius 1 is 0.370 bits per heavy atom. The number of hydrogen-bond donors (Lipinski definition) is 0. The van der Waals surface area contributed by atoms with E-state index in [4.69, 9.17) is 4.42 Å². The lowest BCUT2D eigenvalue weighted by molar-refractivity contribution is 0.669. The molecule has 0 amide bonds. The molecule has 0 bridgehead atoms. The van der Waals surface area contributed by atoms with Gasteiger partial charge < -0.3 is 8.98 Å². The first-order valence-corrected chi connectivity index (χ1v) is 15.8. The fourth-order valence-electron chi connectivity index (χ4n) is 8.06. The molecule has 0 N–H and O–H groups in total. The molecule has 0 unspecified atom stereocenters. The number of aromatic nitrogens is 1. The van der Waals surface area contributed by atoms with Crippen molar-refractivity contribution < 1.29 is 4.42 Å². The maximum absolute atomic E-state index is 6.24. The number of hydrogen-bond acceptors (Lipinski definition) is 1. The van der Waals surface area contributed by atoms with E-state index >= 15 is 0 Å². The largest absolute Gasteiger partial charge is 0.456 e. The summed E-state index contributed by atoms with van der Waals surface area (Å²) < 4.78 is 8.65. The molecular formula is C44H25NO. The molecule has 0 aliphatic heterocycles. The molecule has 2 aromatic heterocycles. The summed E-state index contributed by atoms with van der Waals surface area (Å²) in [5, 5.41) is 9.87. The summed E-state index contributed by atoms with van der Waals surface area (Å²) in [6.45, 7) is 0. The van der Waals surface area contributed by atoms with E-state index in [2.05, 4.69) is 144 Å². The van der Waals surface area contributed by atoms with Gasteiger partial charge in [-0.15, -0.1) is 0 Å². The van der Waals surface area contributed by atoms with Crippen molar-refractivity contribution >= 4 is 65.3 Å². The van der Waals surface area contributed by atoms with Gasteiger partial charge in [0.05, 0.1) is 11.0 Å². The summed E-state index contributed by atoms with van der Waals surface area (Å²) >= 11 is 0. The standard InChI is InChI=1S/C44H25NO/c1-2-9-32-31(8-1)36-13-7-12-35-30(20-21-37(32)44(35)36)26-16-18-29(19-17-26)45-40-14-5-3-10-33(40)38-22-28-25-43-39(23-27(28)24-41(38)45)34-11-4-6-15-42(34)46-43/h1-25H. The van der Waals surface area contributed by atoms with E-state index in [1.165, 1.54) is 76.7 Å². The molecule has 0 saturated carbocycles. The first-order chi connectivity index (χ1) is 22.8. The number of nitrogens with zero attached hydrogens (tertiary/aromatic N) is 1. The minimum absolute atomic E-state index is 0.928. The average molecular weight is 584 g/mol. The summed E-state index contributed by atoms with van der Waals surface area (Å²) in [6, 6.07) is 55.4. The van der Waals surface area contributed by atoms with Crippen LogP contribution in [0.2, 0.25) is 0 Å². The molecule has 212 valence electrons. The molecule has 2 heteroatoms. The molecule has 2 heterocycles. The summed E-state index contributed by atoms with van der Waals surface area (Å²) in [7, 11) is 0. The van der Waals surface area contributed by atoms with Gasteiger partial charge in [-0.1, -0.05) is 103 Å². The quantitative estimate of drug-likeness (QED) is 0.198. The van der Waals surface area contributed by atoms with Gasteiger partial charge in [-0.05, 0) is 103 Å². The molecule has 8 aromatic carbocycles. The van der Waals surface area contributed by atoms with Crippen molar-refractivity contribution in [2.24, 2.45) is 0 Å². The molecule has 10 aromatic rings. The Hall–Kier alpha value is -6.12. The molecule has 0 atom stereocenters. The maximum Gasteiger partial charge on any atom is 0.136 e. The van der Waals surface area contributed by atoms with E-state index in [1.807, 2.05) is 12.1 Å². The van der Waals surface area contributed by atoms with Gasteiger partial charge in [-0.3, -0.25) is 0 Å². The zero-order valence-corrected chi connectivity index (χ0v) is 24.8. The van der Waals surface area contributed by atoms with Crippen LogP contribution in [0.25, 0.3) is 104 Å². The van der Waals surface area contributed by atoms with Crippen LogP contribution < -0.4 is 0 Å². The van der Waals surface area contributed by atoms with Crippen LogP contribution in [0.3, 0.4) is 0 Å². The lowest BCUT2D eigenvalue weighted by atomic mass is 9.94. The molecular weight excluding hydrogens is 558 g/mol. The van der Waals surface area contributed by atoms with Crippen LogP contribution in [0.15, 0.2) is 156 Å². The third kappa shape index (κ3) is 3.15. The van der Waals surface area contributed by atoms with E-state index in [1.54, 1.807) is 0 Å². The van der Waals surface area contributed by atoms with Gasteiger partial charge >= 0.3 is 0 Å². The summed E-state index contributed by atoms with van der Waals surface area (Å²) in [4.78, 5) is 0. The molecule has 1 aliphatic rings. The smallest absolute Gasteiger partial charge is 0.136 e. The number of para-hydroxylation sites is 2. The summed E-state index contributed by atoms with van der Waals surface area (Å²) in [5.74, 6) is 0. The Kier molecular flexibility index (Phi) is 4.61. The van der Waals surface area contributed by atoms with Crippen molar-refractivity contribution in [2.45, 2.75) is 0 Å². The Balaban J connectivity index is 1.10. The van der Waals surface area contributed by atoms with E-state index in [0.29, 0.717) is 0 Å². The highest BCUT2D eigenvalue weighted by Gasteiger charge is 2.22. The van der Waals surface area contributed by atoms with Gasteiger partial charge in [0.25, 0.3) is 0 Å². The first-order valence-electron chi connectivity index (χ1n) is 15.8. The lowest BCUT2D eigenvalue weighted by Gasteiger charge is -2.12. The Labute approximate surface area is 264 Å². The third-order valence-electron chi connectivity index (χ3n) is 10.1. The average Bonchev–Trinajstić information content (AvgIpc) is 3.75. The van der Waals surface area contributed by atoms with Crippen molar-refractivity contribution in [3.63, 3.8) is 0 Å². The first kappa shape index (κ1) is 24.2. The highest BCUT2D eigenvalue weighted by atomic mass is 16.3. The van der Waals surface area contributed by atoms with Crippen LogP contribution in [0.4, 0.5) is 0 Å². The van der Waals surface area contributed by atoms with Gasteiger partial charge in [0, 0.05) is 27.2 Å². The second-order valence-electron chi connectivity index (χ2n) is 12.5. The Morgan fingerprint density at radius 2 is 1.02 bits per heavy atom. The third-order valence-corrected chi connectivity index (χ3v) is 10.1. The van der Waals surface area contributed by atoms with Crippen molar-refractivity contribution in [1.29, 1.82) is 0 Å². The Bertz CT molecular complexity index is 2870. The zero-order valence-electron chi connectivity index (χ0n) is 24.8. The molecule has 0 fully saturated rings. The number of rotatable bonds is 2. The van der Waals surface area contributed by atoms with Crippen molar-refractivity contribution in [3.8, 4) is 39.1 Å². The van der Waals surface area contributed by atoms with Gasteiger partial charge in [-0.25, -0.2) is 0 Å².